The van der Waals surface area contributed by atoms with Crippen LogP contribution in [0.15, 0.2) is 24.3 Å². The molecule has 1 fully saturated rings. The predicted molar refractivity (Wildman–Crippen MR) is 85.3 cm³/mol. The van der Waals surface area contributed by atoms with Gasteiger partial charge in [-0.1, -0.05) is 12.5 Å². The highest BCUT2D eigenvalue weighted by Crippen LogP contribution is 2.27. The van der Waals surface area contributed by atoms with Crippen LogP contribution in [0.25, 0.3) is 0 Å². The van der Waals surface area contributed by atoms with E-state index in [-0.39, 0.29) is 17.2 Å². The monoisotopic (exact) mass is 310 g/mol. The molecule has 5 nitrogen and oxygen atoms in total. The van der Waals surface area contributed by atoms with E-state index in [0.717, 1.165) is 30.6 Å². The van der Waals surface area contributed by atoms with Crippen molar-refractivity contribution in [3.63, 3.8) is 0 Å². The minimum absolute atomic E-state index is 0.109. The summed E-state index contributed by atoms with van der Waals surface area (Å²) in [5, 5.41) is 5.87. The first-order chi connectivity index (χ1) is 9.84. The number of nitrogens with one attached hydrogen (secondary N) is 2. The zero-order valence-electron chi connectivity index (χ0n) is 12.4. The third-order valence-electron chi connectivity index (χ3n) is 3.79. The Hall–Kier alpha value is -1.56. The topological polar surface area (TPSA) is 75.3 Å². The summed E-state index contributed by atoms with van der Waals surface area (Å²) in [6.07, 6.45) is 4.60. The van der Waals surface area contributed by atoms with E-state index in [1.165, 1.54) is 13.2 Å². The summed E-state index contributed by atoms with van der Waals surface area (Å²) in [5.41, 5.74) is 1.64. The second-order valence-electron chi connectivity index (χ2n) is 5.72. The molecule has 21 heavy (non-hydrogen) atoms. The lowest BCUT2D eigenvalue weighted by atomic mass is 9.94. The van der Waals surface area contributed by atoms with E-state index in [9.17, 15) is 13.2 Å². The van der Waals surface area contributed by atoms with Crippen molar-refractivity contribution in [1.82, 2.24) is 0 Å². The van der Waals surface area contributed by atoms with Crippen molar-refractivity contribution in [2.45, 2.75) is 43.9 Å². The van der Waals surface area contributed by atoms with Crippen LogP contribution in [0.3, 0.4) is 0 Å². The number of hydrogen-bond donors (Lipinski definition) is 2. The van der Waals surface area contributed by atoms with Crippen molar-refractivity contribution in [2.75, 3.05) is 16.9 Å². The number of benzene rings is 1. The maximum atomic E-state index is 11.7. The van der Waals surface area contributed by atoms with Crippen LogP contribution in [0.2, 0.25) is 0 Å². The van der Waals surface area contributed by atoms with Gasteiger partial charge in [-0.3, -0.25) is 4.79 Å². The lowest BCUT2D eigenvalue weighted by Crippen LogP contribution is -2.34. The van der Waals surface area contributed by atoms with Gasteiger partial charge < -0.3 is 10.6 Å². The molecule has 2 atom stereocenters. The number of carbonyl (C=O) groups excluding carboxylic acids is 1. The minimum atomic E-state index is -2.97. The second-order valence-corrected chi connectivity index (χ2v) is 8.05. The first-order valence-corrected chi connectivity index (χ1v) is 9.13. The van der Waals surface area contributed by atoms with Gasteiger partial charge in [0.2, 0.25) is 5.91 Å². The lowest BCUT2D eigenvalue weighted by molar-refractivity contribution is -0.114. The van der Waals surface area contributed by atoms with E-state index in [1.54, 1.807) is 0 Å². The summed E-state index contributed by atoms with van der Waals surface area (Å²) in [6, 6.07) is 7.64. The molecule has 116 valence electrons. The molecule has 0 radical (unpaired) electrons. The van der Waals surface area contributed by atoms with Gasteiger partial charge in [0.05, 0.1) is 5.25 Å². The van der Waals surface area contributed by atoms with E-state index < -0.39 is 9.84 Å². The first kappa shape index (κ1) is 15.8. The molecule has 0 bridgehead atoms. The normalized spacial score (nSPS) is 22.6. The molecule has 1 aromatic rings. The second kappa shape index (κ2) is 6.47. The third-order valence-corrected chi connectivity index (χ3v) is 5.42. The minimum Gasteiger partial charge on any atom is -0.382 e. The van der Waals surface area contributed by atoms with E-state index in [1.807, 2.05) is 24.3 Å². The van der Waals surface area contributed by atoms with Crippen molar-refractivity contribution in [3.8, 4) is 0 Å². The molecule has 0 aliphatic heterocycles. The number of amides is 1. The Kier molecular flexibility index (Phi) is 4.88. The fraction of sp³-hybridized carbons (Fsp3) is 0.533. The molecule has 1 aliphatic rings. The van der Waals surface area contributed by atoms with E-state index in [0.29, 0.717) is 6.42 Å². The number of sulfone groups is 1. The largest absolute Gasteiger partial charge is 0.382 e. The summed E-state index contributed by atoms with van der Waals surface area (Å²) < 4.78 is 23.4. The van der Waals surface area contributed by atoms with Gasteiger partial charge in [0.1, 0.15) is 9.84 Å². The van der Waals surface area contributed by atoms with Crippen molar-refractivity contribution in [2.24, 2.45) is 0 Å². The van der Waals surface area contributed by atoms with Crippen LogP contribution in [0, 0.1) is 0 Å². The summed E-state index contributed by atoms with van der Waals surface area (Å²) in [6.45, 7) is 1.47. The summed E-state index contributed by atoms with van der Waals surface area (Å²) in [5.74, 6) is -0.109. The van der Waals surface area contributed by atoms with Gasteiger partial charge in [0, 0.05) is 30.6 Å². The molecule has 0 aromatic heterocycles. The average molecular weight is 310 g/mol. The van der Waals surface area contributed by atoms with E-state index in [2.05, 4.69) is 10.6 Å². The molecule has 0 saturated heterocycles. The van der Waals surface area contributed by atoms with Crippen molar-refractivity contribution >= 4 is 27.1 Å². The molecule has 2 N–H and O–H groups in total. The van der Waals surface area contributed by atoms with Crippen LogP contribution in [0.5, 0.6) is 0 Å². The maximum absolute atomic E-state index is 11.7. The standard InChI is InChI=1S/C15H22N2O3S/c1-11(18)16-12-5-3-6-13(9-12)17-14-7-4-8-15(10-14)21(2,19)20/h3,5-6,9,14-15,17H,4,7-8,10H2,1-2H3,(H,16,18). The van der Waals surface area contributed by atoms with Crippen LogP contribution in [0.1, 0.15) is 32.6 Å². The van der Waals surface area contributed by atoms with Gasteiger partial charge in [-0.25, -0.2) is 8.42 Å². The number of carbonyl (C=O) groups is 1. The van der Waals surface area contributed by atoms with Crippen LogP contribution < -0.4 is 10.6 Å². The van der Waals surface area contributed by atoms with Gasteiger partial charge in [-0.2, -0.15) is 0 Å². The molecular weight excluding hydrogens is 288 g/mol. The molecule has 0 spiro atoms. The highest BCUT2D eigenvalue weighted by atomic mass is 32.2. The van der Waals surface area contributed by atoms with Gasteiger partial charge >= 0.3 is 0 Å². The van der Waals surface area contributed by atoms with E-state index in [4.69, 9.17) is 0 Å². The van der Waals surface area contributed by atoms with Crippen LogP contribution in [-0.4, -0.2) is 31.9 Å². The predicted octanol–water partition coefficient (Wildman–Crippen LogP) is 2.41. The lowest BCUT2D eigenvalue weighted by Gasteiger charge is -2.29. The Balaban J connectivity index is 2.02. The molecule has 2 rings (SSSR count). The highest BCUT2D eigenvalue weighted by molar-refractivity contribution is 7.91. The van der Waals surface area contributed by atoms with Gasteiger partial charge in [0.25, 0.3) is 0 Å². The van der Waals surface area contributed by atoms with Crippen molar-refractivity contribution in [3.05, 3.63) is 24.3 Å². The highest BCUT2D eigenvalue weighted by Gasteiger charge is 2.28. The molecule has 0 heterocycles. The van der Waals surface area contributed by atoms with Crippen LogP contribution in [-0.2, 0) is 14.6 Å². The fourth-order valence-electron chi connectivity index (χ4n) is 2.79. The first-order valence-electron chi connectivity index (χ1n) is 7.17. The Morgan fingerprint density at radius 2 is 1.95 bits per heavy atom. The molecule has 1 aliphatic carbocycles. The summed E-state index contributed by atoms with van der Waals surface area (Å²) in [4.78, 5) is 11.1. The van der Waals surface area contributed by atoms with Crippen molar-refractivity contribution < 1.29 is 13.2 Å². The van der Waals surface area contributed by atoms with E-state index >= 15 is 0 Å². The fourth-order valence-corrected chi connectivity index (χ4v) is 3.97. The molecule has 1 amide bonds. The third kappa shape index (κ3) is 4.74. The Morgan fingerprint density at radius 1 is 1.24 bits per heavy atom. The summed E-state index contributed by atoms with van der Waals surface area (Å²) in [7, 11) is -2.97. The number of anilines is 2. The van der Waals surface area contributed by atoms with Gasteiger partial charge in [-0.15, -0.1) is 0 Å². The molecule has 1 saturated carbocycles. The zero-order chi connectivity index (χ0) is 15.5. The zero-order valence-corrected chi connectivity index (χ0v) is 13.2. The van der Waals surface area contributed by atoms with Crippen LogP contribution in [0.4, 0.5) is 11.4 Å². The SMILES string of the molecule is CC(=O)Nc1cccc(NC2CCCC(S(C)(=O)=O)C2)c1. The van der Waals surface area contributed by atoms with Gasteiger partial charge in [0.15, 0.2) is 0 Å². The Morgan fingerprint density at radius 3 is 2.62 bits per heavy atom. The average Bonchev–Trinajstić information content (AvgIpc) is 2.37. The van der Waals surface area contributed by atoms with Gasteiger partial charge in [-0.05, 0) is 37.5 Å². The van der Waals surface area contributed by atoms with Crippen LogP contribution >= 0.6 is 0 Å². The smallest absolute Gasteiger partial charge is 0.221 e. The molecule has 6 heteroatoms. The van der Waals surface area contributed by atoms with Crippen molar-refractivity contribution in [1.29, 1.82) is 0 Å². The molecule has 2 unspecified atom stereocenters. The Bertz CT molecular complexity index is 613. The maximum Gasteiger partial charge on any atom is 0.221 e. The Labute approximate surface area is 126 Å². The molecular formula is C15H22N2O3S. The molecule has 1 aromatic carbocycles. The quantitative estimate of drug-likeness (QED) is 0.895. The number of hydrogen-bond acceptors (Lipinski definition) is 4. The summed E-state index contributed by atoms with van der Waals surface area (Å²) >= 11 is 0. The number of rotatable bonds is 4.